The van der Waals surface area contributed by atoms with Gasteiger partial charge in [0.05, 0.1) is 5.69 Å². The Morgan fingerprint density at radius 3 is 2.73 bits per heavy atom. The molecule has 2 heterocycles. The van der Waals surface area contributed by atoms with Crippen molar-refractivity contribution in [3.8, 4) is 11.5 Å². The minimum absolute atomic E-state index is 0.122. The van der Waals surface area contributed by atoms with Crippen molar-refractivity contribution < 1.29 is 15.0 Å². The number of hydrogen-bond acceptors (Lipinski definition) is 6. The molecule has 0 atom stereocenters. The van der Waals surface area contributed by atoms with Crippen molar-refractivity contribution >= 4 is 28.2 Å². The Morgan fingerprint density at radius 2 is 2.00 bits per heavy atom. The van der Waals surface area contributed by atoms with E-state index in [1.807, 2.05) is 0 Å². The fourth-order valence-electron chi connectivity index (χ4n) is 2.30. The molecule has 1 aromatic carbocycles. The molecular weight excluding hydrogens is 304 g/mol. The molecule has 0 bridgehead atoms. The molecule has 22 heavy (non-hydrogen) atoms. The number of fused-ring (bicyclic) bond motifs is 1. The number of carbonyl (C=O) groups excluding carboxylic acids is 1. The first-order valence-electron chi connectivity index (χ1n) is 6.78. The lowest BCUT2D eigenvalue weighted by Gasteiger charge is -2.20. The fourth-order valence-corrected chi connectivity index (χ4v) is 3.39. The number of amides is 2. The topological polar surface area (TPSA) is 97.7 Å². The van der Waals surface area contributed by atoms with Crippen LogP contribution in [0.4, 0.5) is 15.6 Å². The number of rotatable bonds is 2. The van der Waals surface area contributed by atoms with Gasteiger partial charge in [0.2, 0.25) is 0 Å². The van der Waals surface area contributed by atoms with Crippen molar-refractivity contribution in [1.29, 1.82) is 0 Å². The van der Waals surface area contributed by atoms with E-state index in [1.54, 1.807) is 0 Å². The van der Waals surface area contributed by atoms with E-state index in [0.29, 0.717) is 10.8 Å². The van der Waals surface area contributed by atoms with Crippen molar-refractivity contribution in [2.75, 3.05) is 24.2 Å². The number of thiazole rings is 1. The highest BCUT2D eigenvalue weighted by Crippen LogP contribution is 2.28. The van der Waals surface area contributed by atoms with Gasteiger partial charge in [0.15, 0.2) is 5.13 Å². The van der Waals surface area contributed by atoms with Gasteiger partial charge in [0.1, 0.15) is 11.5 Å². The number of aromatic hydroxyl groups is 2. The predicted molar refractivity (Wildman–Crippen MR) is 84.6 cm³/mol. The van der Waals surface area contributed by atoms with Gasteiger partial charge in [-0.3, -0.25) is 5.32 Å². The molecule has 0 saturated heterocycles. The summed E-state index contributed by atoms with van der Waals surface area (Å²) in [7, 11) is 2.05. The molecule has 0 fully saturated rings. The summed E-state index contributed by atoms with van der Waals surface area (Å²) in [5, 5.41) is 24.5. The van der Waals surface area contributed by atoms with Crippen LogP contribution in [0.15, 0.2) is 18.2 Å². The summed E-state index contributed by atoms with van der Waals surface area (Å²) in [6.45, 7) is 1.81. The molecule has 1 aliphatic heterocycles. The maximum atomic E-state index is 12.0. The smallest absolute Gasteiger partial charge is 0.325 e. The number of nitrogens with zero attached hydrogens (tertiary/aromatic N) is 2. The lowest BCUT2D eigenvalue weighted by molar-refractivity contribution is 0.262. The zero-order valence-electron chi connectivity index (χ0n) is 12.0. The lowest BCUT2D eigenvalue weighted by atomic mass is 10.2. The summed E-state index contributed by atoms with van der Waals surface area (Å²) in [5.74, 6) is -0.244. The van der Waals surface area contributed by atoms with Gasteiger partial charge in [-0.05, 0) is 7.05 Å². The Balaban J connectivity index is 1.67. The van der Waals surface area contributed by atoms with Gasteiger partial charge >= 0.3 is 6.03 Å². The van der Waals surface area contributed by atoms with Gasteiger partial charge in [0.25, 0.3) is 0 Å². The van der Waals surface area contributed by atoms with E-state index in [9.17, 15) is 15.0 Å². The Hall–Kier alpha value is -2.32. The number of benzene rings is 1. The van der Waals surface area contributed by atoms with Crippen LogP contribution in [0.5, 0.6) is 11.5 Å². The average molecular weight is 320 g/mol. The standard InChI is InChI=1S/C14H16N4O3S/c1-18-3-2-11-12(7-18)22-14(16-11)17-13(21)15-8-4-9(19)6-10(20)5-8/h4-6,19-20H,2-3,7H2,1H3,(H2,15,16,17,21). The molecule has 1 aliphatic rings. The molecule has 7 nitrogen and oxygen atoms in total. The summed E-state index contributed by atoms with van der Waals surface area (Å²) in [6, 6.07) is 3.42. The summed E-state index contributed by atoms with van der Waals surface area (Å²) in [5.41, 5.74) is 1.34. The first kappa shape index (κ1) is 14.6. The van der Waals surface area contributed by atoms with E-state index >= 15 is 0 Å². The van der Waals surface area contributed by atoms with Crippen LogP contribution in [0.1, 0.15) is 10.6 Å². The normalized spacial score (nSPS) is 14.4. The number of phenols is 2. The van der Waals surface area contributed by atoms with Gasteiger partial charge in [0, 0.05) is 48.3 Å². The molecule has 2 aromatic rings. The molecule has 1 aromatic heterocycles. The van der Waals surface area contributed by atoms with Crippen LogP contribution in [0, 0.1) is 0 Å². The van der Waals surface area contributed by atoms with Crippen LogP contribution in [0.2, 0.25) is 0 Å². The largest absolute Gasteiger partial charge is 0.508 e. The maximum Gasteiger partial charge on any atom is 0.325 e. The lowest BCUT2D eigenvalue weighted by Crippen LogP contribution is -2.25. The van der Waals surface area contributed by atoms with Crippen molar-refractivity contribution in [2.24, 2.45) is 0 Å². The fraction of sp³-hybridized carbons (Fsp3) is 0.286. The van der Waals surface area contributed by atoms with Crippen molar-refractivity contribution in [3.05, 3.63) is 28.8 Å². The Bertz CT molecular complexity index is 696. The monoisotopic (exact) mass is 320 g/mol. The SMILES string of the molecule is CN1CCc2nc(NC(=O)Nc3cc(O)cc(O)c3)sc2C1. The third kappa shape index (κ3) is 3.29. The number of aromatic nitrogens is 1. The summed E-state index contributed by atoms with van der Waals surface area (Å²) >= 11 is 1.46. The first-order chi connectivity index (χ1) is 10.5. The molecule has 0 spiro atoms. The number of likely N-dealkylation sites (N-methyl/N-ethyl adjacent to an activating group) is 1. The summed E-state index contributed by atoms with van der Waals surface area (Å²) in [4.78, 5) is 19.7. The molecule has 116 valence electrons. The molecule has 0 saturated carbocycles. The Morgan fingerprint density at radius 1 is 1.27 bits per heavy atom. The highest BCUT2D eigenvalue weighted by molar-refractivity contribution is 7.15. The highest BCUT2D eigenvalue weighted by Gasteiger charge is 2.19. The van der Waals surface area contributed by atoms with Gasteiger partial charge in [-0.15, -0.1) is 11.3 Å². The highest BCUT2D eigenvalue weighted by atomic mass is 32.1. The maximum absolute atomic E-state index is 12.0. The van der Waals surface area contributed by atoms with Crippen molar-refractivity contribution in [1.82, 2.24) is 9.88 Å². The number of urea groups is 1. The Labute approximate surface area is 131 Å². The summed E-state index contributed by atoms with van der Waals surface area (Å²) < 4.78 is 0. The number of phenolic OH excluding ortho intramolecular Hbond substituents is 2. The third-order valence-electron chi connectivity index (χ3n) is 3.30. The van der Waals surface area contributed by atoms with Crippen LogP contribution >= 0.6 is 11.3 Å². The van der Waals surface area contributed by atoms with Gasteiger partial charge < -0.3 is 20.4 Å². The van der Waals surface area contributed by atoms with E-state index in [4.69, 9.17) is 0 Å². The quantitative estimate of drug-likeness (QED) is 0.680. The van der Waals surface area contributed by atoms with Gasteiger partial charge in [-0.2, -0.15) is 0 Å². The molecule has 0 aliphatic carbocycles. The van der Waals surface area contributed by atoms with Crippen molar-refractivity contribution in [2.45, 2.75) is 13.0 Å². The molecular formula is C14H16N4O3S. The van der Waals surface area contributed by atoms with Crippen LogP contribution in [0.3, 0.4) is 0 Å². The number of carbonyl (C=O) groups is 1. The van der Waals surface area contributed by atoms with Crippen LogP contribution in [-0.4, -0.2) is 39.7 Å². The molecule has 0 unspecified atom stereocenters. The van der Waals surface area contributed by atoms with Crippen LogP contribution in [0.25, 0.3) is 0 Å². The summed E-state index contributed by atoms with van der Waals surface area (Å²) in [6.07, 6.45) is 0.881. The zero-order chi connectivity index (χ0) is 15.7. The van der Waals surface area contributed by atoms with E-state index in [-0.39, 0.29) is 11.5 Å². The van der Waals surface area contributed by atoms with Crippen molar-refractivity contribution in [3.63, 3.8) is 0 Å². The number of anilines is 2. The van der Waals surface area contributed by atoms with Crippen LogP contribution in [-0.2, 0) is 13.0 Å². The van der Waals surface area contributed by atoms with E-state index in [2.05, 4.69) is 27.6 Å². The second kappa shape index (κ2) is 5.82. The Kier molecular flexibility index (Phi) is 3.86. The first-order valence-corrected chi connectivity index (χ1v) is 7.59. The molecule has 3 rings (SSSR count). The van der Waals surface area contributed by atoms with E-state index < -0.39 is 6.03 Å². The van der Waals surface area contributed by atoms with Gasteiger partial charge in [-0.1, -0.05) is 0 Å². The molecule has 8 heteroatoms. The number of nitrogens with one attached hydrogen (secondary N) is 2. The molecule has 0 radical (unpaired) electrons. The predicted octanol–water partition coefficient (Wildman–Crippen LogP) is 2.19. The second-order valence-corrected chi connectivity index (χ2v) is 6.28. The zero-order valence-corrected chi connectivity index (χ0v) is 12.8. The van der Waals surface area contributed by atoms with E-state index in [1.165, 1.54) is 34.4 Å². The van der Waals surface area contributed by atoms with E-state index in [0.717, 1.165) is 25.2 Å². The minimum Gasteiger partial charge on any atom is -0.508 e. The van der Waals surface area contributed by atoms with Gasteiger partial charge in [-0.25, -0.2) is 9.78 Å². The second-order valence-electron chi connectivity index (χ2n) is 5.19. The van der Waals surface area contributed by atoms with Crippen LogP contribution < -0.4 is 10.6 Å². The third-order valence-corrected chi connectivity index (χ3v) is 4.30. The minimum atomic E-state index is -0.468. The average Bonchev–Trinajstić information content (AvgIpc) is 2.78. The number of hydrogen-bond donors (Lipinski definition) is 4. The molecule has 2 amide bonds. The molecule has 4 N–H and O–H groups in total.